The van der Waals surface area contributed by atoms with Crippen molar-refractivity contribution in [1.29, 1.82) is 0 Å². The second-order valence-corrected chi connectivity index (χ2v) is 7.54. The zero-order valence-corrected chi connectivity index (χ0v) is 15.2. The minimum Gasteiger partial charge on any atom is -0.335 e. The van der Waals surface area contributed by atoms with Gasteiger partial charge < -0.3 is 10.2 Å². The predicted molar refractivity (Wildman–Crippen MR) is 96.0 cm³/mol. The Morgan fingerprint density at radius 3 is 2.83 bits per heavy atom. The lowest BCUT2D eigenvalue weighted by atomic mass is 10.0. The molecule has 0 spiro atoms. The average Bonchev–Trinajstić information content (AvgIpc) is 3.03. The molecule has 2 amide bonds. The lowest BCUT2D eigenvalue weighted by molar-refractivity contribution is 0.182. The number of aromatic nitrogens is 1. The fourth-order valence-electron chi connectivity index (χ4n) is 2.95. The number of nitrogens with one attached hydrogen (secondary N) is 1. The van der Waals surface area contributed by atoms with E-state index in [1.54, 1.807) is 16.2 Å². The van der Waals surface area contributed by atoms with E-state index < -0.39 is 0 Å². The van der Waals surface area contributed by atoms with Crippen LogP contribution in [0.3, 0.4) is 0 Å². The number of urea groups is 1. The van der Waals surface area contributed by atoms with E-state index in [9.17, 15) is 4.79 Å². The van der Waals surface area contributed by atoms with Gasteiger partial charge >= 0.3 is 6.03 Å². The van der Waals surface area contributed by atoms with Gasteiger partial charge in [0.1, 0.15) is 0 Å². The summed E-state index contributed by atoms with van der Waals surface area (Å²) in [5, 5.41) is 6.22. The maximum absolute atomic E-state index is 12.3. The van der Waals surface area contributed by atoms with Gasteiger partial charge in [0.15, 0.2) is 0 Å². The molecule has 1 fully saturated rings. The Balaban J connectivity index is 1.73. The second kappa shape index (κ2) is 8.45. The molecule has 128 valence electrons. The quantitative estimate of drug-likeness (QED) is 0.813. The molecule has 1 saturated heterocycles. The first-order valence-electron chi connectivity index (χ1n) is 8.23. The van der Waals surface area contributed by atoms with Gasteiger partial charge in [-0.15, -0.1) is 11.3 Å². The van der Waals surface area contributed by atoms with E-state index in [0.717, 1.165) is 37.5 Å². The molecular formula is C17H28N4OS. The Morgan fingerprint density at radius 2 is 2.26 bits per heavy atom. The number of carbonyl (C=O) groups excluding carboxylic acids is 1. The third kappa shape index (κ3) is 5.62. The Hall–Kier alpha value is -1.40. The molecule has 1 aromatic heterocycles. The number of amides is 2. The summed E-state index contributed by atoms with van der Waals surface area (Å²) in [4.78, 5) is 20.8. The first-order valence-corrected chi connectivity index (χ1v) is 9.11. The van der Waals surface area contributed by atoms with Crippen molar-refractivity contribution in [3.05, 3.63) is 28.7 Å². The molecule has 1 aromatic rings. The van der Waals surface area contributed by atoms with Crippen molar-refractivity contribution in [3.8, 4) is 0 Å². The minimum absolute atomic E-state index is 0.0201. The zero-order valence-electron chi connectivity index (χ0n) is 14.4. The fourth-order valence-corrected chi connectivity index (χ4v) is 3.64. The van der Waals surface area contributed by atoms with Crippen LogP contribution in [0.5, 0.6) is 0 Å². The molecule has 0 radical (unpaired) electrons. The van der Waals surface area contributed by atoms with Crippen LogP contribution in [-0.2, 0) is 0 Å². The van der Waals surface area contributed by atoms with Crippen molar-refractivity contribution in [2.45, 2.75) is 38.6 Å². The molecule has 0 saturated carbocycles. The topological polar surface area (TPSA) is 48.5 Å². The molecule has 0 aromatic carbocycles. The first kappa shape index (κ1) is 17.9. The van der Waals surface area contributed by atoms with E-state index in [0.29, 0.717) is 6.54 Å². The van der Waals surface area contributed by atoms with Crippen molar-refractivity contribution in [2.24, 2.45) is 0 Å². The molecule has 1 aliphatic heterocycles. The summed E-state index contributed by atoms with van der Waals surface area (Å²) in [7, 11) is 1.86. The normalized spacial score (nSPS) is 17.7. The highest BCUT2D eigenvalue weighted by Gasteiger charge is 2.22. The highest BCUT2D eigenvalue weighted by Crippen LogP contribution is 2.18. The van der Waals surface area contributed by atoms with Crippen LogP contribution >= 0.6 is 11.3 Å². The summed E-state index contributed by atoms with van der Waals surface area (Å²) in [5.41, 5.74) is 1.20. The molecule has 0 unspecified atom stereocenters. The lowest BCUT2D eigenvalue weighted by Gasteiger charge is -2.33. The van der Waals surface area contributed by atoms with Crippen molar-refractivity contribution in [2.75, 3.05) is 33.2 Å². The SMILES string of the molecule is C=C(C)CN1CCC(NC(=O)N(C)C[C@H](C)c2nccs2)CC1. The molecule has 0 aliphatic carbocycles. The number of carbonyl (C=O) groups is 1. The molecule has 2 heterocycles. The van der Waals surface area contributed by atoms with Gasteiger partial charge in [0.05, 0.1) is 5.01 Å². The predicted octanol–water partition coefficient (Wildman–Crippen LogP) is 2.93. The monoisotopic (exact) mass is 336 g/mol. The fraction of sp³-hybridized carbons (Fsp3) is 0.647. The number of piperidine rings is 1. The van der Waals surface area contributed by atoms with E-state index in [1.807, 2.05) is 18.6 Å². The highest BCUT2D eigenvalue weighted by molar-refractivity contribution is 7.09. The molecule has 0 bridgehead atoms. The Bertz CT molecular complexity index is 509. The van der Waals surface area contributed by atoms with Crippen molar-refractivity contribution < 1.29 is 4.79 Å². The number of hydrogen-bond donors (Lipinski definition) is 1. The molecule has 1 atom stereocenters. The molecule has 2 rings (SSSR count). The smallest absolute Gasteiger partial charge is 0.317 e. The van der Waals surface area contributed by atoms with E-state index >= 15 is 0 Å². The van der Waals surface area contributed by atoms with Crippen LogP contribution in [0.2, 0.25) is 0 Å². The Kier molecular flexibility index (Phi) is 6.59. The van der Waals surface area contributed by atoms with Crippen molar-refractivity contribution >= 4 is 17.4 Å². The third-order valence-corrected chi connectivity index (χ3v) is 5.18. The van der Waals surface area contributed by atoms with E-state index in [-0.39, 0.29) is 18.0 Å². The number of nitrogens with zero attached hydrogens (tertiary/aromatic N) is 3. The van der Waals surface area contributed by atoms with Crippen LogP contribution in [0.25, 0.3) is 0 Å². The number of rotatable bonds is 6. The summed E-state index contributed by atoms with van der Waals surface area (Å²) in [6.07, 6.45) is 3.83. The van der Waals surface area contributed by atoms with Crippen LogP contribution in [-0.4, -0.2) is 60.1 Å². The minimum atomic E-state index is 0.0201. The molecule has 23 heavy (non-hydrogen) atoms. The zero-order chi connectivity index (χ0) is 16.8. The first-order chi connectivity index (χ1) is 11.0. The van der Waals surface area contributed by atoms with Gasteiger partial charge in [-0.1, -0.05) is 19.1 Å². The number of thiazole rings is 1. The summed E-state index contributed by atoms with van der Waals surface area (Å²) >= 11 is 1.64. The van der Waals surface area contributed by atoms with Gasteiger partial charge in [-0.25, -0.2) is 9.78 Å². The Labute approximate surface area is 143 Å². The largest absolute Gasteiger partial charge is 0.335 e. The van der Waals surface area contributed by atoms with Crippen LogP contribution in [0.1, 0.15) is 37.6 Å². The summed E-state index contributed by atoms with van der Waals surface area (Å²) in [5.74, 6) is 0.267. The van der Waals surface area contributed by atoms with Gasteiger partial charge in [0.25, 0.3) is 0 Å². The van der Waals surface area contributed by atoms with Crippen molar-refractivity contribution in [3.63, 3.8) is 0 Å². The molecular weight excluding hydrogens is 308 g/mol. The van der Waals surface area contributed by atoms with Gasteiger partial charge in [0, 0.05) is 56.8 Å². The molecule has 1 N–H and O–H groups in total. The van der Waals surface area contributed by atoms with Crippen molar-refractivity contribution in [1.82, 2.24) is 20.1 Å². The molecule has 6 heteroatoms. The summed E-state index contributed by atoms with van der Waals surface area (Å²) in [6, 6.07) is 0.299. The summed E-state index contributed by atoms with van der Waals surface area (Å²) in [6.45, 7) is 11.8. The highest BCUT2D eigenvalue weighted by atomic mass is 32.1. The van der Waals surface area contributed by atoms with Crippen LogP contribution in [0.4, 0.5) is 4.79 Å². The number of likely N-dealkylation sites (N-methyl/N-ethyl adjacent to an activating group) is 1. The van der Waals surface area contributed by atoms with E-state index in [4.69, 9.17) is 0 Å². The standard InChI is InChI=1S/C17H28N4OS/c1-13(2)11-21-8-5-15(6-9-21)19-17(22)20(4)12-14(3)16-18-7-10-23-16/h7,10,14-15H,1,5-6,8-9,11-12H2,2-4H3,(H,19,22)/t14-/m0/s1. The van der Waals surface area contributed by atoms with Gasteiger partial charge in [-0.05, 0) is 19.8 Å². The second-order valence-electron chi connectivity index (χ2n) is 6.61. The average molecular weight is 337 g/mol. The van der Waals surface area contributed by atoms with Crippen LogP contribution in [0.15, 0.2) is 23.7 Å². The Morgan fingerprint density at radius 1 is 1.57 bits per heavy atom. The number of hydrogen-bond acceptors (Lipinski definition) is 4. The van der Waals surface area contributed by atoms with Gasteiger partial charge in [-0.2, -0.15) is 0 Å². The number of likely N-dealkylation sites (tertiary alicyclic amines) is 1. The van der Waals surface area contributed by atoms with E-state index in [2.05, 4.69) is 35.6 Å². The molecule has 5 nitrogen and oxygen atoms in total. The maximum atomic E-state index is 12.3. The van der Waals surface area contributed by atoms with Crippen LogP contribution < -0.4 is 5.32 Å². The summed E-state index contributed by atoms with van der Waals surface area (Å²) < 4.78 is 0. The lowest BCUT2D eigenvalue weighted by Crippen LogP contribution is -2.49. The van der Waals surface area contributed by atoms with E-state index in [1.165, 1.54) is 5.57 Å². The van der Waals surface area contributed by atoms with Gasteiger partial charge in [0.2, 0.25) is 0 Å². The third-order valence-electron chi connectivity index (χ3n) is 4.18. The van der Waals surface area contributed by atoms with Gasteiger partial charge in [-0.3, -0.25) is 4.90 Å². The van der Waals surface area contributed by atoms with Crippen LogP contribution in [0, 0.1) is 0 Å². The molecule has 1 aliphatic rings. The maximum Gasteiger partial charge on any atom is 0.317 e.